The average Bonchev–Trinajstić information content (AvgIpc) is 2.90. The van der Waals surface area contributed by atoms with Crippen molar-refractivity contribution in [3.8, 4) is 23.3 Å². The number of nitrogens with zero attached hydrogens (tertiary/aromatic N) is 3. The Bertz CT molecular complexity index is 1450. The van der Waals surface area contributed by atoms with E-state index in [0.717, 1.165) is 39.2 Å². The van der Waals surface area contributed by atoms with E-state index in [1.54, 1.807) is 6.20 Å². The maximum absolute atomic E-state index is 11.8. The van der Waals surface area contributed by atoms with Crippen LogP contribution in [0.4, 0.5) is 11.5 Å². The van der Waals surface area contributed by atoms with Gasteiger partial charge >= 0.3 is 0 Å². The predicted octanol–water partition coefficient (Wildman–Crippen LogP) is 4.37. The van der Waals surface area contributed by atoms with Gasteiger partial charge in [-0.15, -0.1) is 11.8 Å². The number of aromatic nitrogens is 3. The minimum absolute atomic E-state index is 0.0611. The summed E-state index contributed by atoms with van der Waals surface area (Å²) >= 11 is 1.38. The van der Waals surface area contributed by atoms with Crippen LogP contribution in [-0.2, 0) is 4.79 Å². The van der Waals surface area contributed by atoms with Gasteiger partial charge in [-0.2, -0.15) is 0 Å². The van der Waals surface area contributed by atoms with Crippen molar-refractivity contribution in [2.75, 3.05) is 30.0 Å². The number of fused-ring (bicyclic) bond motifs is 1. The number of aliphatic hydroxyl groups is 1. The zero-order chi connectivity index (χ0) is 26.0. The van der Waals surface area contributed by atoms with Crippen LogP contribution in [0.15, 0.2) is 61.1 Å². The molecule has 4 aromatic rings. The third kappa shape index (κ3) is 7.43. The number of carbonyl (C=O) groups excluding carboxylic acids is 1. The third-order valence-electron chi connectivity index (χ3n) is 5.26. The number of anilines is 2. The highest BCUT2D eigenvalue weighted by Crippen LogP contribution is 2.29. The van der Waals surface area contributed by atoms with E-state index in [1.165, 1.54) is 18.1 Å². The summed E-state index contributed by atoms with van der Waals surface area (Å²) < 4.78 is 5.97. The summed E-state index contributed by atoms with van der Waals surface area (Å²) in [5.74, 6) is 8.89. The zero-order valence-electron chi connectivity index (χ0n) is 20.6. The molecule has 0 bridgehead atoms. The molecule has 0 saturated heterocycles. The van der Waals surface area contributed by atoms with Gasteiger partial charge in [0.1, 0.15) is 23.6 Å². The second-order valence-electron chi connectivity index (χ2n) is 8.15. The van der Waals surface area contributed by atoms with E-state index < -0.39 is 0 Å². The van der Waals surface area contributed by atoms with Crippen LogP contribution in [0, 0.1) is 25.7 Å². The second kappa shape index (κ2) is 12.7. The minimum Gasteiger partial charge on any atom is -0.455 e. The number of hydrogen-bond donors (Lipinski definition) is 3. The maximum Gasteiger partial charge on any atom is 0.230 e. The van der Waals surface area contributed by atoms with E-state index in [9.17, 15) is 4.79 Å². The van der Waals surface area contributed by atoms with Gasteiger partial charge in [0.25, 0.3) is 0 Å². The van der Waals surface area contributed by atoms with Crippen molar-refractivity contribution in [2.24, 2.45) is 0 Å². The van der Waals surface area contributed by atoms with E-state index in [2.05, 4.69) is 37.4 Å². The Morgan fingerprint density at radius 1 is 1.08 bits per heavy atom. The number of amides is 1. The molecule has 0 atom stereocenters. The molecule has 1 amide bonds. The van der Waals surface area contributed by atoms with Crippen LogP contribution >= 0.6 is 11.8 Å². The summed E-state index contributed by atoms with van der Waals surface area (Å²) in [6.45, 7) is 4.23. The van der Waals surface area contributed by atoms with Crippen molar-refractivity contribution in [1.29, 1.82) is 0 Å². The predicted molar refractivity (Wildman–Crippen MR) is 147 cm³/mol. The Kier molecular flexibility index (Phi) is 8.92. The lowest BCUT2D eigenvalue weighted by molar-refractivity contribution is -0.118. The van der Waals surface area contributed by atoms with Crippen LogP contribution in [0.25, 0.3) is 10.9 Å². The molecular formula is C28H27N5O3S. The van der Waals surface area contributed by atoms with E-state index in [0.29, 0.717) is 23.1 Å². The van der Waals surface area contributed by atoms with Crippen LogP contribution in [0.5, 0.6) is 11.5 Å². The molecule has 0 saturated carbocycles. The number of benzene rings is 2. The van der Waals surface area contributed by atoms with E-state index >= 15 is 0 Å². The summed E-state index contributed by atoms with van der Waals surface area (Å²) in [6, 6.07) is 15.4. The van der Waals surface area contributed by atoms with Crippen molar-refractivity contribution in [3.05, 3.63) is 77.9 Å². The van der Waals surface area contributed by atoms with Gasteiger partial charge < -0.3 is 20.5 Å². The number of ether oxygens (including phenoxy) is 1. The molecule has 0 aliphatic rings. The van der Waals surface area contributed by atoms with Crippen molar-refractivity contribution < 1.29 is 14.6 Å². The Balaban J connectivity index is 1.45. The lowest BCUT2D eigenvalue weighted by Gasteiger charge is -2.12. The normalized spacial score (nSPS) is 10.5. The first-order chi connectivity index (χ1) is 18.0. The van der Waals surface area contributed by atoms with Crippen LogP contribution in [-0.4, -0.2) is 50.6 Å². The Morgan fingerprint density at radius 2 is 1.97 bits per heavy atom. The first kappa shape index (κ1) is 25.9. The number of aliphatic hydroxyl groups excluding tert-OH is 1. The maximum atomic E-state index is 11.8. The number of nitrogens with one attached hydrogen (secondary N) is 2. The topological polar surface area (TPSA) is 109 Å². The van der Waals surface area contributed by atoms with Gasteiger partial charge in [0.2, 0.25) is 5.91 Å². The molecule has 2 aromatic heterocycles. The molecule has 0 fully saturated rings. The molecule has 0 aliphatic heterocycles. The molecule has 0 unspecified atom stereocenters. The molecule has 4 rings (SSSR count). The van der Waals surface area contributed by atoms with Gasteiger partial charge in [0.15, 0.2) is 0 Å². The van der Waals surface area contributed by atoms with Crippen LogP contribution < -0.4 is 15.4 Å². The van der Waals surface area contributed by atoms with Gasteiger partial charge in [0, 0.05) is 28.1 Å². The van der Waals surface area contributed by atoms with Crippen molar-refractivity contribution in [3.63, 3.8) is 0 Å². The molecular weight excluding hydrogens is 486 g/mol. The van der Waals surface area contributed by atoms with Crippen LogP contribution in [0.3, 0.4) is 0 Å². The standard InChI is InChI=1S/C28H27N5O3S/c1-19-14-22(7-10-26(19)36-23-8-5-20(2)30-16-23)33-28-24-15-21(6-9-25(24)31-18-32-28)4-3-11-29-27(35)17-37-13-12-34/h5-10,14-16,18,34H,11-13,17H2,1-2H3,(H,29,35)(H,31,32,33). The highest BCUT2D eigenvalue weighted by atomic mass is 32.2. The number of hydrogen-bond acceptors (Lipinski definition) is 8. The summed E-state index contributed by atoms with van der Waals surface area (Å²) in [4.78, 5) is 24.8. The molecule has 0 radical (unpaired) electrons. The summed E-state index contributed by atoms with van der Waals surface area (Å²) in [7, 11) is 0. The van der Waals surface area contributed by atoms with Crippen molar-refractivity contribution in [1.82, 2.24) is 20.3 Å². The molecule has 9 heteroatoms. The fourth-order valence-corrected chi connectivity index (χ4v) is 3.98. The summed E-state index contributed by atoms with van der Waals surface area (Å²) in [6.07, 6.45) is 3.23. The fraction of sp³-hybridized carbons (Fsp3) is 0.214. The molecule has 0 spiro atoms. The fourth-order valence-electron chi connectivity index (χ4n) is 3.42. The van der Waals surface area contributed by atoms with Gasteiger partial charge in [-0.05, 0) is 67.9 Å². The van der Waals surface area contributed by atoms with Crippen LogP contribution in [0.1, 0.15) is 16.8 Å². The highest BCUT2D eigenvalue weighted by Gasteiger charge is 2.08. The lowest BCUT2D eigenvalue weighted by Crippen LogP contribution is -2.25. The number of rotatable bonds is 9. The molecule has 0 aliphatic carbocycles. The quantitative estimate of drug-likeness (QED) is 0.224. The number of carbonyl (C=O) groups is 1. The van der Waals surface area contributed by atoms with Gasteiger partial charge in [-0.25, -0.2) is 9.97 Å². The monoisotopic (exact) mass is 513 g/mol. The molecule has 188 valence electrons. The summed E-state index contributed by atoms with van der Waals surface area (Å²) in [5, 5.41) is 15.7. The third-order valence-corrected chi connectivity index (χ3v) is 6.20. The molecule has 3 N–H and O–H groups in total. The average molecular weight is 514 g/mol. The van der Waals surface area contributed by atoms with Gasteiger partial charge in [-0.3, -0.25) is 9.78 Å². The van der Waals surface area contributed by atoms with Crippen molar-refractivity contribution in [2.45, 2.75) is 13.8 Å². The smallest absolute Gasteiger partial charge is 0.230 e. The molecule has 2 heterocycles. The molecule has 8 nitrogen and oxygen atoms in total. The van der Waals surface area contributed by atoms with Crippen molar-refractivity contribution >= 4 is 40.1 Å². The summed E-state index contributed by atoms with van der Waals surface area (Å²) in [5.41, 5.74) is 4.35. The number of aryl methyl sites for hydroxylation is 2. The second-order valence-corrected chi connectivity index (χ2v) is 9.26. The van der Waals surface area contributed by atoms with E-state index in [-0.39, 0.29) is 19.1 Å². The van der Waals surface area contributed by atoms with Crippen LogP contribution in [0.2, 0.25) is 0 Å². The van der Waals surface area contributed by atoms with Gasteiger partial charge in [-0.1, -0.05) is 11.8 Å². The highest BCUT2D eigenvalue weighted by molar-refractivity contribution is 7.99. The molecule has 2 aromatic carbocycles. The minimum atomic E-state index is -0.103. The largest absolute Gasteiger partial charge is 0.455 e. The van der Waals surface area contributed by atoms with E-state index in [4.69, 9.17) is 9.84 Å². The number of thioether (sulfide) groups is 1. The lowest BCUT2D eigenvalue weighted by atomic mass is 10.1. The first-order valence-electron chi connectivity index (χ1n) is 11.7. The SMILES string of the molecule is Cc1ccc(Oc2ccc(Nc3ncnc4ccc(C#CCNC(=O)CSCCO)cc34)cc2C)cn1. The molecule has 37 heavy (non-hydrogen) atoms. The Hall–Kier alpha value is -4.13. The Labute approximate surface area is 219 Å². The Morgan fingerprint density at radius 3 is 2.76 bits per heavy atom. The first-order valence-corrected chi connectivity index (χ1v) is 12.8. The van der Waals surface area contributed by atoms with Gasteiger partial charge in [0.05, 0.1) is 30.6 Å². The number of pyridine rings is 1. The zero-order valence-corrected chi connectivity index (χ0v) is 21.4. The van der Waals surface area contributed by atoms with E-state index in [1.807, 2.05) is 62.4 Å².